The molecule has 1 rings (SSSR count). The lowest BCUT2D eigenvalue weighted by atomic mass is 10.2. The molecule has 106 valence electrons. The van der Waals surface area contributed by atoms with Gasteiger partial charge in [-0.15, -0.1) is 0 Å². The minimum absolute atomic E-state index is 0.107. The molecule has 3 N–H and O–H groups in total. The van der Waals surface area contributed by atoms with Crippen LogP contribution in [0.4, 0.5) is 0 Å². The van der Waals surface area contributed by atoms with Crippen LogP contribution < -0.4 is 10.5 Å². The molecule has 0 aliphatic carbocycles. The van der Waals surface area contributed by atoms with Crippen molar-refractivity contribution in [2.45, 2.75) is 20.3 Å². The molecule has 0 radical (unpaired) electrons. The molecular weight excluding hydrogens is 260 g/mol. The molecule has 4 nitrogen and oxygen atoms in total. The molecule has 0 bridgehead atoms. The standard InChI is InChI=1S/C14H22N2O2S/c1-11(2)7-9-19-10-8-18-13-5-3-12(4-6-13)14(15)16-17/h3-6,11,17H,7-10H2,1-2H3,(H2,15,16). The molecule has 0 aromatic heterocycles. The highest BCUT2D eigenvalue weighted by atomic mass is 32.2. The molecule has 0 aliphatic heterocycles. The molecule has 1 aromatic rings. The first-order valence-corrected chi connectivity index (χ1v) is 7.57. The molecule has 0 amide bonds. The first kappa shape index (κ1) is 15.7. The Hall–Kier alpha value is -1.36. The van der Waals surface area contributed by atoms with Crippen LogP contribution in [-0.4, -0.2) is 29.2 Å². The number of benzene rings is 1. The van der Waals surface area contributed by atoms with Crippen molar-refractivity contribution in [2.24, 2.45) is 16.8 Å². The fourth-order valence-electron chi connectivity index (χ4n) is 1.42. The van der Waals surface area contributed by atoms with Gasteiger partial charge in [0.15, 0.2) is 5.84 Å². The lowest BCUT2D eigenvalue weighted by Gasteiger charge is -2.07. The van der Waals surface area contributed by atoms with Gasteiger partial charge in [-0.25, -0.2) is 0 Å². The predicted molar refractivity (Wildman–Crippen MR) is 81.2 cm³/mol. The normalized spacial score (nSPS) is 11.8. The summed E-state index contributed by atoms with van der Waals surface area (Å²) in [5.74, 6) is 3.85. The highest BCUT2D eigenvalue weighted by molar-refractivity contribution is 7.99. The van der Waals surface area contributed by atoms with Crippen LogP contribution in [0.3, 0.4) is 0 Å². The van der Waals surface area contributed by atoms with Gasteiger partial charge in [-0.1, -0.05) is 19.0 Å². The Kier molecular flexibility index (Phi) is 7.18. The summed E-state index contributed by atoms with van der Waals surface area (Å²) in [4.78, 5) is 0. The Labute approximate surface area is 119 Å². The summed E-state index contributed by atoms with van der Waals surface area (Å²) < 4.78 is 5.62. The molecule has 5 heteroatoms. The van der Waals surface area contributed by atoms with Crippen LogP contribution in [0.5, 0.6) is 5.75 Å². The van der Waals surface area contributed by atoms with Crippen molar-refractivity contribution in [2.75, 3.05) is 18.1 Å². The highest BCUT2D eigenvalue weighted by Gasteiger charge is 2.00. The first-order chi connectivity index (χ1) is 9.13. The van der Waals surface area contributed by atoms with E-state index in [1.165, 1.54) is 12.2 Å². The van der Waals surface area contributed by atoms with Crippen molar-refractivity contribution >= 4 is 17.6 Å². The van der Waals surface area contributed by atoms with Gasteiger partial charge < -0.3 is 15.7 Å². The van der Waals surface area contributed by atoms with E-state index in [0.717, 1.165) is 17.4 Å². The van der Waals surface area contributed by atoms with Crippen LogP contribution in [0, 0.1) is 5.92 Å². The maximum absolute atomic E-state index is 8.55. The number of thioether (sulfide) groups is 1. The van der Waals surface area contributed by atoms with Crippen molar-refractivity contribution in [3.05, 3.63) is 29.8 Å². The summed E-state index contributed by atoms with van der Waals surface area (Å²) in [6, 6.07) is 7.20. The first-order valence-electron chi connectivity index (χ1n) is 6.42. The van der Waals surface area contributed by atoms with Crippen LogP contribution >= 0.6 is 11.8 Å². The van der Waals surface area contributed by atoms with Gasteiger partial charge >= 0.3 is 0 Å². The van der Waals surface area contributed by atoms with Crippen molar-refractivity contribution in [1.82, 2.24) is 0 Å². The van der Waals surface area contributed by atoms with Crippen LogP contribution in [-0.2, 0) is 0 Å². The van der Waals surface area contributed by atoms with Gasteiger partial charge in [0.2, 0.25) is 0 Å². The predicted octanol–water partition coefficient (Wildman–Crippen LogP) is 2.94. The monoisotopic (exact) mass is 282 g/mol. The number of nitrogens with zero attached hydrogens (tertiary/aromatic N) is 1. The van der Waals surface area contributed by atoms with Crippen LogP contribution in [0.15, 0.2) is 29.4 Å². The second-order valence-electron chi connectivity index (χ2n) is 4.65. The van der Waals surface area contributed by atoms with Crippen molar-refractivity contribution in [3.8, 4) is 5.75 Å². The number of hydrogen-bond acceptors (Lipinski definition) is 4. The fraction of sp³-hybridized carbons (Fsp3) is 0.500. The molecule has 0 unspecified atom stereocenters. The molecule has 0 fully saturated rings. The Morgan fingerprint density at radius 3 is 2.58 bits per heavy atom. The number of amidine groups is 1. The van der Waals surface area contributed by atoms with E-state index < -0.39 is 0 Å². The van der Waals surface area contributed by atoms with E-state index in [1.54, 1.807) is 12.1 Å². The van der Waals surface area contributed by atoms with E-state index in [4.69, 9.17) is 15.7 Å². The van der Waals surface area contributed by atoms with Crippen LogP contribution in [0.1, 0.15) is 25.8 Å². The van der Waals surface area contributed by atoms with E-state index in [0.29, 0.717) is 12.2 Å². The van der Waals surface area contributed by atoms with Gasteiger partial charge in [0.25, 0.3) is 0 Å². The number of nitrogens with two attached hydrogens (primary N) is 1. The topological polar surface area (TPSA) is 67.8 Å². The Morgan fingerprint density at radius 2 is 2.00 bits per heavy atom. The molecule has 19 heavy (non-hydrogen) atoms. The summed E-state index contributed by atoms with van der Waals surface area (Å²) >= 11 is 1.92. The third kappa shape index (κ3) is 6.38. The van der Waals surface area contributed by atoms with E-state index in [1.807, 2.05) is 23.9 Å². The van der Waals surface area contributed by atoms with Gasteiger partial charge in [0.1, 0.15) is 5.75 Å². The minimum atomic E-state index is 0.107. The van der Waals surface area contributed by atoms with E-state index in [2.05, 4.69) is 19.0 Å². The third-order valence-corrected chi connectivity index (χ3v) is 3.57. The zero-order valence-electron chi connectivity index (χ0n) is 11.5. The summed E-state index contributed by atoms with van der Waals surface area (Å²) in [6.45, 7) is 5.17. The van der Waals surface area contributed by atoms with E-state index in [-0.39, 0.29) is 5.84 Å². The lowest BCUT2D eigenvalue weighted by Crippen LogP contribution is -2.12. The Balaban J connectivity index is 2.23. The zero-order valence-corrected chi connectivity index (χ0v) is 12.3. The molecule has 0 aliphatic rings. The largest absolute Gasteiger partial charge is 0.493 e. The van der Waals surface area contributed by atoms with E-state index >= 15 is 0 Å². The fourth-order valence-corrected chi connectivity index (χ4v) is 2.46. The van der Waals surface area contributed by atoms with Gasteiger partial charge in [-0.05, 0) is 42.4 Å². The number of rotatable bonds is 8. The SMILES string of the molecule is CC(C)CCSCCOc1ccc(/C(N)=N/O)cc1. The molecule has 0 spiro atoms. The van der Waals surface area contributed by atoms with Crippen molar-refractivity contribution < 1.29 is 9.94 Å². The summed E-state index contributed by atoms with van der Waals surface area (Å²) in [5, 5.41) is 11.5. The summed E-state index contributed by atoms with van der Waals surface area (Å²) in [7, 11) is 0. The maximum atomic E-state index is 8.55. The van der Waals surface area contributed by atoms with Crippen LogP contribution in [0.2, 0.25) is 0 Å². The molecule has 0 saturated heterocycles. The number of oxime groups is 1. The van der Waals surface area contributed by atoms with Crippen LogP contribution in [0.25, 0.3) is 0 Å². The van der Waals surface area contributed by atoms with Gasteiger partial charge in [0.05, 0.1) is 6.61 Å². The second-order valence-corrected chi connectivity index (χ2v) is 5.88. The molecule has 0 atom stereocenters. The summed E-state index contributed by atoms with van der Waals surface area (Å²) in [5.41, 5.74) is 6.16. The highest BCUT2D eigenvalue weighted by Crippen LogP contribution is 2.13. The molecular formula is C14H22N2O2S. The van der Waals surface area contributed by atoms with E-state index in [9.17, 15) is 0 Å². The minimum Gasteiger partial charge on any atom is -0.493 e. The Bertz CT molecular complexity index is 391. The molecule has 0 saturated carbocycles. The molecule has 0 heterocycles. The third-order valence-electron chi connectivity index (χ3n) is 2.59. The summed E-state index contributed by atoms with van der Waals surface area (Å²) in [6.07, 6.45) is 1.25. The van der Waals surface area contributed by atoms with Gasteiger partial charge in [-0.2, -0.15) is 11.8 Å². The lowest BCUT2D eigenvalue weighted by molar-refractivity contribution is 0.318. The quantitative estimate of drug-likeness (QED) is 0.253. The van der Waals surface area contributed by atoms with Gasteiger partial charge in [-0.3, -0.25) is 0 Å². The number of ether oxygens (including phenoxy) is 1. The van der Waals surface area contributed by atoms with Crippen molar-refractivity contribution in [3.63, 3.8) is 0 Å². The van der Waals surface area contributed by atoms with Crippen molar-refractivity contribution in [1.29, 1.82) is 0 Å². The Morgan fingerprint density at radius 1 is 1.32 bits per heavy atom. The smallest absolute Gasteiger partial charge is 0.170 e. The number of hydrogen-bond donors (Lipinski definition) is 2. The molecule has 1 aromatic carbocycles. The van der Waals surface area contributed by atoms with Gasteiger partial charge in [0, 0.05) is 11.3 Å². The zero-order chi connectivity index (χ0) is 14.1. The second kappa shape index (κ2) is 8.69. The average Bonchev–Trinajstić information content (AvgIpc) is 2.42. The average molecular weight is 282 g/mol. The maximum Gasteiger partial charge on any atom is 0.170 e.